The van der Waals surface area contributed by atoms with Crippen LogP contribution in [0.1, 0.15) is 58.6 Å². The van der Waals surface area contributed by atoms with Crippen LogP contribution in [0, 0.1) is 12.3 Å². The van der Waals surface area contributed by atoms with E-state index in [0.717, 1.165) is 31.4 Å². The van der Waals surface area contributed by atoms with E-state index in [2.05, 4.69) is 15.3 Å². The fourth-order valence-electron chi connectivity index (χ4n) is 4.00. The highest BCUT2D eigenvalue weighted by atomic mass is 16.6. The maximum Gasteiger partial charge on any atom is 0.407 e. The standard InChI is InChI=1S/C19H28N4O3/c1-13-11-20-12-15(21-13)23-9-8-19(16(23)24)7-5-6-14(10-19)22-17(25)26-18(2,3)4/h11-12,14H,5-10H2,1-4H3,(H,22,25)/t14-,19-/m0/s1. The molecule has 1 N–H and O–H groups in total. The van der Waals surface area contributed by atoms with Gasteiger partial charge < -0.3 is 10.1 Å². The largest absolute Gasteiger partial charge is 0.444 e. The first-order valence-electron chi connectivity index (χ1n) is 9.29. The van der Waals surface area contributed by atoms with Gasteiger partial charge in [-0.3, -0.25) is 14.7 Å². The number of alkyl carbamates (subject to hydrolysis) is 1. The molecule has 1 aliphatic carbocycles. The molecule has 1 spiro atoms. The van der Waals surface area contributed by atoms with Crippen LogP contribution in [0.15, 0.2) is 12.4 Å². The van der Waals surface area contributed by atoms with Gasteiger partial charge in [0.1, 0.15) is 5.60 Å². The zero-order valence-corrected chi connectivity index (χ0v) is 16.0. The van der Waals surface area contributed by atoms with Crippen molar-refractivity contribution < 1.29 is 14.3 Å². The molecule has 1 aromatic heterocycles. The van der Waals surface area contributed by atoms with E-state index in [-0.39, 0.29) is 11.9 Å². The topological polar surface area (TPSA) is 84.4 Å². The summed E-state index contributed by atoms with van der Waals surface area (Å²) in [7, 11) is 0. The Hall–Kier alpha value is -2.18. The van der Waals surface area contributed by atoms with Crippen molar-refractivity contribution >= 4 is 17.8 Å². The van der Waals surface area contributed by atoms with Crippen molar-refractivity contribution in [1.82, 2.24) is 15.3 Å². The minimum atomic E-state index is -0.528. The average molecular weight is 360 g/mol. The van der Waals surface area contributed by atoms with E-state index in [1.165, 1.54) is 0 Å². The van der Waals surface area contributed by atoms with Gasteiger partial charge >= 0.3 is 6.09 Å². The van der Waals surface area contributed by atoms with Crippen molar-refractivity contribution in [2.75, 3.05) is 11.4 Å². The van der Waals surface area contributed by atoms with Crippen LogP contribution in [0.25, 0.3) is 0 Å². The van der Waals surface area contributed by atoms with Crippen molar-refractivity contribution in [3.05, 3.63) is 18.1 Å². The number of aromatic nitrogens is 2. The monoisotopic (exact) mass is 360 g/mol. The van der Waals surface area contributed by atoms with Crippen molar-refractivity contribution in [2.24, 2.45) is 5.41 Å². The number of ether oxygens (including phenoxy) is 1. The molecule has 2 heterocycles. The molecule has 142 valence electrons. The molecule has 3 rings (SSSR count). The number of anilines is 1. The number of amides is 2. The molecule has 2 atom stereocenters. The fourth-order valence-corrected chi connectivity index (χ4v) is 4.00. The van der Waals surface area contributed by atoms with Crippen molar-refractivity contribution in [2.45, 2.75) is 71.4 Å². The minimum Gasteiger partial charge on any atom is -0.444 e. The number of hydrogen-bond acceptors (Lipinski definition) is 5. The lowest BCUT2D eigenvalue weighted by molar-refractivity contribution is -0.127. The third-order valence-corrected chi connectivity index (χ3v) is 5.10. The zero-order valence-electron chi connectivity index (χ0n) is 16.0. The van der Waals surface area contributed by atoms with E-state index < -0.39 is 17.1 Å². The maximum absolute atomic E-state index is 13.2. The van der Waals surface area contributed by atoms with Crippen LogP contribution in [0.3, 0.4) is 0 Å². The van der Waals surface area contributed by atoms with Crippen LogP contribution in [0.2, 0.25) is 0 Å². The van der Waals surface area contributed by atoms with E-state index in [1.54, 1.807) is 17.3 Å². The molecule has 0 unspecified atom stereocenters. The summed E-state index contributed by atoms with van der Waals surface area (Å²) in [6.45, 7) is 8.05. The summed E-state index contributed by atoms with van der Waals surface area (Å²) < 4.78 is 5.36. The summed E-state index contributed by atoms with van der Waals surface area (Å²) in [5.74, 6) is 0.724. The molecule has 7 heteroatoms. The molecule has 1 saturated heterocycles. The fraction of sp³-hybridized carbons (Fsp3) is 0.684. The molecule has 2 fully saturated rings. The van der Waals surface area contributed by atoms with Gasteiger partial charge in [-0.25, -0.2) is 9.78 Å². The lowest BCUT2D eigenvalue weighted by Gasteiger charge is -2.37. The molecule has 0 bridgehead atoms. The SMILES string of the molecule is Cc1cncc(N2CC[C@]3(CCC[C@H](NC(=O)OC(C)(C)C)C3)C2=O)n1. The third-order valence-electron chi connectivity index (χ3n) is 5.10. The number of hydrogen-bond donors (Lipinski definition) is 1. The number of nitrogens with one attached hydrogen (secondary N) is 1. The van der Waals surface area contributed by atoms with Gasteiger partial charge in [-0.1, -0.05) is 6.42 Å². The van der Waals surface area contributed by atoms with E-state index >= 15 is 0 Å². The molecule has 2 aliphatic rings. The first-order valence-corrected chi connectivity index (χ1v) is 9.29. The summed E-state index contributed by atoms with van der Waals surface area (Å²) in [5, 5.41) is 2.95. The van der Waals surface area contributed by atoms with Gasteiger partial charge in [-0.05, 0) is 53.4 Å². The highest BCUT2D eigenvalue weighted by Crippen LogP contribution is 2.45. The molecule has 26 heavy (non-hydrogen) atoms. The van der Waals surface area contributed by atoms with Crippen LogP contribution < -0.4 is 10.2 Å². The summed E-state index contributed by atoms with van der Waals surface area (Å²) >= 11 is 0. The Bertz CT molecular complexity index is 700. The van der Waals surface area contributed by atoms with Crippen LogP contribution in [0.4, 0.5) is 10.6 Å². The normalized spacial score (nSPS) is 26.2. The summed E-state index contributed by atoms with van der Waals surface area (Å²) in [6, 6.07) is -0.0360. The van der Waals surface area contributed by atoms with Crippen LogP contribution in [-0.2, 0) is 9.53 Å². The van der Waals surface area contributed by atoms with Crippen molar-refractivity contribution in [3.8, 4) is 0 Å². The number of carbonyl (C=O) groups is 2. The predicted octanol–water partition coefficient (Wildman–Crippen LogP) is 2.98. The first-order chi connectivity index (χ1) is 12.2. The summed E-state index contributed by atoms with van der Waals surface area (Å²) in [5.41, 5.74) is -0.145. The Kier molecular flexibility index (Phi) is 4.90. The lowest BCUT2D eigenvalue weighted by Crippen LogP contribution is -2.47. The van der Waals surface area contributed by atoms with Crippen LogP contribution >= 0.6 is 0 Å². The number of nitrogens with zero attached hydrogens (tertiary/aromatic N) is 3. The van der Waals surface area contributed by atoms with Gasteiger partial charge in [-0.2, -0.15) is 0 Å². The molecule has 1 aromatic rings. The molecule has 2 amide bonds. The van der Waals surface area contributed by atoms with E-state index in [9.17, 15) is 9.59 Å². The molecule has 1 saturated carbocycles. The smallest absolute Gasteiger partial charge is 0.407 e. The van der Waals surface area contributed by atoms with E-state index in [1.807, 2.05) is 27.7 Å². The highest BCUT2D eigenvalue weighted by Gasteiger charge is 2.50. The van der Waals surface area contributed by atoms with Crippen LogP contribution in [0.5, 0.6) is 0 Å². The minimum absolute atomic E-state index is 0.0360. The van der Waals surface area contributed by atoms with Gasteiger partial charge in [-0.15, -0.1) is 0 Å². The number of aryl methyl sites for hydroxylation is 1. The average Bonchev–Trinajstić information content (AvgIpc) is 2.82. The van der Waals surface area contributed by atoms with Gasteiger partial charge in [0.05, 0.1) is 17.3 Å². The Balaban J connectivity index is 1.68. The second-order valence-electron chi connectivity index (χ2n) is 8.45. The number of carbonyl (C=O) groups excluding carboxylic acids is 2. The second kappa shape index (κ2) is 6.85. The summed E-state index contributed by atoms with van der Waals surface area (Å²) in [6.07, 6.45) is 7.00. The Morgan fingerprint density at radius 1 is 1.35 bits per heavy atom. The molecule has 0 aromatic carbocycles. The van der Waals surface area contributed by atoms with Gasteiger partial charge in [0.25, 0.3) is 0 Å². The van der Waals surface area contributed by atoms with E-state index in [4.69, 9.17) is 4.74 Å². The Labute approximate surface area is 154 Å². The third kappa shape index (κ3) is 3.97. The molecule has 7 nitrogen and oxygen atoms in total. The highest BCUT2D eigenvalue weighted by molar-refractivity contribution is 5.99. The maximum atomic E-state index is 13.2. The Morgan fingerprint density at radius 3 is 2.81 bits per heavy atom. The first kappa shape index (κ1) is 18.6. The van der Waals surface area contributed by atoms with Crippen molar-refractivity contribution in [3.63, 3.8) is 0 Å². The van der Waals surface area contributed by atoms with Crippen molar-refractivity contribution in [1.29, 1.82) is 0 Å². The number of rotatable bonds is 2. The lowest BCUT2D eigenvalue weighted by atomic mass is 9.71. The Morgan fingerprint density at radius 2 is 2.12 bits per heavy atom. The van der Waals surface area contributed by atoms with Gasteiger partial charge in [0.15, 0.2) is 5.82 Å². The molecule has 1 aliphatic heterocycles. The summed E-state index contributed by atoms with van der Waals surface area (Å²) in [4.78, 5) is 35.6. The molecular weight excluding hydrogens is 332 g/mol. The molecule has 0 radical (unpaired) electrons. The van der Waals surface area contributed by atoms with E-state index in [0.29, 0.717) is 18.8 Å². The second-order valence-corrected chi connectivity index (χ2v) is 8.45. The predicted molar refractivity (Wildman–Crippen MR) is 97.8 cm³/mol. The van der Waals surface area contributed by atoms with Crippen LogP contribution in [-0.4, -0.2) is 40.2 Å². The van der Waals surface area contributed by atoms with Gasteiger partial charge in [0, 0.05) is 18.8 Å². The molecular formula is C19H28N4O3. The quantitative estimate of drug-likeness (QED) is 0.876. The van der Waals surface area contributed by atoms with Gasteiger partial charge in [0.2, 0.25) is 5.91 Å². The zero-order chi connectivity index (χ0) is 18.9.